The minimum absolute atomic E-state index is 1.07. The van der Waals surface area contributed by atoms with Crippen molar-refractivity contribution in [1.29, 1.82) is 0 Å². The van der Waals surface area contributed by atoms with Gasteiger partial charge in [-0.2, -0.15) is 0 Å². The molecule has 0 saturated heterocycles. The van der Waals surface area contributed by atoms with E-state index in [4.69, 9.17) is 0 Å². The van der Waals surface area contributed by atoms with Crippen LogP contribution in [0.5, 0.6) is 0 Å². The number of fused-ring (bicyclic) bond motifs is 3. The number of benzene rings is 4. The lowest BCUT2D eigenvalue weighted by Gasteiger charge is -2.13. The SMILES string of the molecule is CCc1cc(C)cc(-c2cc3ccccc3c3ccccc23)c1. The Kier molecular flexibility index (Phi) is 3.38. The first-order valence-corrected chi connectivity index (χ1v) is 8.27. The Labute approximate surface area is 137 Å². The van der Waals surface area contributed by atoms with Crippen molar-refractivity contribution in [3.05, 3.63) is 83.9 Å². The summed E-state index contributed by atoms with van der Waals surface area (Å²) < 4.78 is 0. The van der Waals surface area contributed by atoms with Crippen LogP contribution in [0.2, 0.25) is 0 Å². The maximum absolute atomic E-state index is 2.34. The summed E-state index contributed by atoms with van der Waals surface area (Å²) in [7, 11) is 0. The molecule has 0 aliphatic heterocycles. The van der Waals surface area contributed by atoms with E-state index in [9.17, 15) is 0 Å². The van der Waals surface area contributed by atoms with Gasteiger partial charge in [-0.3, -0.25) is 0 Å². The third-order valence-electron chi connectivity index (χ3n) is 4.62. The van der Waals surface area contributed by atoms with Crippen molar-refractivity contribution in [1.82, 2.24) is 0 Å². The molecule has 0 N–H and O–H groups in total. The second-order valence-electron chi connectivity index (χ2n) is 6.25. The van der Waals surface area contributed by atoms with Gasteiger partial charge in [-0.1, -0.05) is 79.2 Å². The summed E-state index contributed by atoms with van der Waals surface area (Å²) in [5.74, 6) is 0. The van der Waals surface area contributed by atoms with Crippen molar-refractivity contribution in [3.8, 4) is 11.1 Å². The molecule has 0 radical (unpaired) electrons. The van der Waals surface area contributed by atoms with Crippen molar-refractivity contribution < 1.29 is 0 Å². The Bertz CT molecular complexity index is 1010. The van der Waals surface area contributed by atoms with Crippen LogP contribution in [0, 0.1) is 6.92 Å². The highest BCUT2D eigenvalue weighted by Gasteiger charge is 2.09. The summed E-state index contributed by atoms with van der Waals surface area (Å²) >= 11 is 0. The molecule has 4 aromatic carbocycles. The van der Waals surface area contributed by atoms with E-state index < -0.39 is 0 Å². The van der Waals surface area contributed by atoms with Gasteiger partial charge in [0.1, 0.15) is 0 Å². The maximum Gasteiger partial charge on any atom is -0.00988 e. The third kappa shape index (κ3) is 2.41. The van der Waals surface area contributed by atoms with Crippen LogP contribution < -0.4 is 0 Å². The van der Waals surface area contributed by atoms with Crippen LogP contribution in [-0.4, -0.2) is 0 Å². The van der Waals surface area contributed by atoms with E-state index in [2.05, 4.69) is 86.6 Å². The predicted molar refractivity (Wildman–Crippen MR) is 101 cm³/mol. The first kappa shape index (κ1) is 14.0. The molecule has 0 bridgehead atoms. The minimum atomic E-state index is 1.07. The monoisotopic (exact) mass is 296 g/mol. The van der Waals surface area contributed by atoms with Crippen LogP contribution >= 0.6 is 0 Å². The predicted octanol–water partition coefficient (Wildman–Crippen LogP) is 6.53. The van der Waals surface area contributed by atoms with Crippen LogP contribution in [0.1, 0.15) is 18.1 Å². The van der Waals surface area contributed by atoms with Crippen LogP contribution in [0.25, 0.3) is 32.7 Å². The summed E-state index contributed by atoms with van der Waals surface area (Å²) in [5.41, 5.74) is 5.38. The van der Waals surface area contributed by atoms with E-state index in [-0.39, 0.29) is 0 Å². The van der Waals surface area contributed by atoms with Gasteiger partial charge < -0.3 is 0 Å². The molecule has 0 atom stereocenters. The molecule has 0 heterocycles. The van der Waals surface area contributed by atoms with Crippen LogP contribution in [0.15, 0.2) is 72.8 Å². The van der Waals surface area contributed by atoms with Gasteiger partial charge in [0, 0.05) is 0 Å². The molecule has 112 valence electrons. The lowest BCUT2D eigenvalue weighted by molar-refractivity contribution is 1.13. The van der Waals surface area contributed by atoms with Gasteiger partial charge in [-0.15, -0.1) is 0 Å². The van der Waals surface area contributed by atoms with E-state index in [0.717, 1.165) is 6.42 Å². The molecule has 0 heteroatoms. The summed E-state index contributed by atoms with van der Waals surface area (Å²) in [6.45, 7) is 4.41. The Morgan fingerprint density at radius 3 is 2.17 bits per heavy atom. The van der Waals surface area contributed by atoms with E-state index in [0.29, 0.717) is 0 Å². The molecule has 0 amide bonds. The lowest BCUT2D eigenvalue weighted by atomic mass is 9.91. The zero-order chi connectivity index (χ0) is 15.8. The molecule has 0 saturated carbocycles. The summed E-state index contributed by atoms with van der Waals surface area (Å²) in [6.07, 6.45) is 1.07. The van der Waals surface area contributed by atoms with Crippen molar-refractivity contribution in [2.45, 2.75) is 20.3 Å². The molecular formula is C23H20. The van der Waals surface area contributed by atoms with Gasteiger partial charge in [0.25, 0.3) is 0 Å². The fourth-order valence-corrected chi connectivity index (χ4v) is 3.52. The first-order valence-electron chi connectivity index (χ1n) is 8.27. The fraction of sp³-hybridized carbons (Fsp3) is 0.130. The third-order valence-corrected chi connectivity index (χ3v) is 4.62. The minimum Gasteiger partial charge on any atom is -0.0616 e. The molecular weight excluding hydrogens is 276 g/mol. The molecule has 0 spiro atoms. The highest BCUT2D eigenvalue weighted by atomic mass is 14.1. The molecule has 23 heavy (non-hydrogen) atoms. The zero-order valence-electron chi connectivity index (χ0n) is 13.6. The smallest absolute Gasteiger partial charge is 0.00988 e. The number of hydrogen-bond donors (Lipinski definition) is 0. The Balaban J connectivity index is 2.11. The van der Waals surface area contributed by atoms with Crippen molar-refractivity contribution in [2.24, 2.45) is 0 Å². The van der Waals surface area contributed by atoms with Gasteiger partial charge >= 0.3 is 0 Å². The number of rotatable bonds is 2. The maximum atomic E-state index is 2.34. The highest BCUT2D eigenvalue weighted by Crippen LogP contribution is 2.35. The number of aryl methyl sites for hydroxylation is 2. The summed E-state index contributed by atoms with van der Waals surface area (Å²) in [6, 6.07) is 26.7. The van der Waals surface area contributed by atoms with E-state index in [1.165, 1.54) is 43.8 Å². The largest absolute Gasteiger partial charge is 0.0616 e. The Morgan fingerprint density at radius 1 is 0.696 bits per heavy atom. The van der Waals surface area contributed by atoms with Crippen LogP contribution in [0.4, 0.5) is 0 Å². The van der Waals surface area contributed by atoms with Crippen LogP contribution in [-0.2, 0) is 6.42 Å². The van der Waals surface area contributed by atoms with Crippen molar-refractivity contribution >= 4 is 21.5 Å². The van der Waals surface area contributed by atoms with Gasteiger partial charge in [-0.05, 0) is 57.6 Å². The average molecular weight is 296 g/mol. The fourth-order valence-electron chi connectivity index (χ4n) is 3.52. The molecule has 0 aliphatic carbocycles. The quantitative estimate of drug-likeness (QED) is 0.369. The Hall–Kier alpha value is -2.60. The van der Waals surface area contributed by atoms with E-state index in [1.807, 2.05) is 0 Å². The summed E-state index contributed by atoms with van der Waals surface area (Å²) in [4.78, 5) is 0. The molecule has 0 nitrogen and oxygen atoms in total. The van der Waals surface area contributed by atoms with Gasteiger partial charge in [0.05, 0.1) is 0 Å². The second kappa shape index (κ2) is 5.55. The molecule has 4 aromatic rings. The van der Waals surface area contributed by atoms with Crippen molar-refractivity contribution in [2.75, 3.05) is 0 Å². The standard InChI is InChI=1S/C23H20/c1-3-17-12-16(2)13-19(14-17)23-15-18-8-4-5-9-20(18)21-10-6-7-11-22(21)23/h4-15H,3H2,1-2H3. The first-order chi connectivity index (χ1) is 11.3. The number of hydrogen-bond acceptors (Lipinski definition) is 0. The van der Waals surface area contributed by atoms with Crippen molar-refractivity contribution in [3.63, 3.8) is 0 Å². The molecule has 0 aromatic heterocycles. The molecule has 4 rings (SSSR count). The van der Waals surface area contributed by atoms with Gasteiger partial charge in [-0.25, -0.2) is 0 Å². The van der Waals surface area contributed by atoms with Gasteiger partial charge in [0.2, 0.25) is 0 Å². The topological polar surface area (TPSA) is 0 Å². The normalized spacial score (nSPS) is 11.2. The average Bonchev–Trinajstić information content (AvgIpc) is 2.60. The zero-order valence-corrected chi connectivity index (χ0v) is 13.6. The second-order valence-corrected chi connectivity index (χ2v) is 6.25. The molecule has 0 fully saturated rings. The Morgan fingerprint density at radius 2 is 1.39 bits per heavy atom. The molecule has 0 unspecified atom stereocenters. The highest BCUT2D eigenvalue weighted by molar-refractivity contribution is 6.13. The van der Waals surface area contributed by atoms with E-state index in [1.54, 1.807) is 0 Å². The lowest BCUT2D eigenvalue weighted by Crippen LogP contribution is -1.88. The summed E-state index contributed by atoms with van der Waals surface area (Å²) in [5, 5.41) is 5.30. The van der Waals surface area contributed by atoms with Crippen LogP contribution in [0.3, 0.4) is 0 Å². The van der Waals surface area contributed by atoms with Gasteiger partial charge in [0.15, 0.2) is 0 Å². The van der Waals surface area contributed by atoms with E-state index >= 15 is 0 Å². The molecule has 0 aliphatic rings.